The van der Waals surface area contributed by atoms with Gasteiger partial charge in [-0.05, 0) is 33.0 Å². The molecule has 1 aromatic heterocycles. The van der Waals surface area contributed by atoms with Gasteiger partial charge in [0.15, 0.2) is 0 Å². The summed E-state index contributed by atoms with van der Waals surface area (Å²) in [4.78, 5) is 2.29. The molecule has 16 heavy (non-hydrogen) atoms. The molecule has 2 aliphatic rings. The largest absolute Gasteiger partial charge is 0.382 e. The highest BCUT2D eigenvalue weighted by Gasteiger charge is 2.28. The van der Waals surface area contributed by atoms with Crippen molar-refractivity contribution in [2.75, 3.05) is 25.9 Å². The van der Waals surface area contributed by atoms with Crippen LogP contribution in [0.4, 0.5) is 5.82 Å². The van der Waals surface area contributed by atoms with Crippen molar-refractivity contribution in [1.29, 1.82) is 0 Å². The lowest BCUT2D eigenvalue weighted by atomic mass is 10.1. The quantitative estimate of drug-likeness (QED) is 0.718. The van der Waals surface area contributed by atoms with Gasteiger partial charge in [0, 0.05) is 18.7 Å². The van der Waals surface area contributed by atoms with Crippen molar-refractivity contribution in [3.63, 3.8) is 0 Å². The molecule has 0 aromatic carbocycles. The second-order valence-corrected chi connectivity index (χ2v) is 4.91. The zero-order chi connectivity index (χ0) is 11.1. The number of nitrogens with one attached hydrogen (secondary N) is 1. The molecule has 2 aliphatic heterocycles. The number of rotatable bonds is 1. The molecule has 3 heterocycles. The molecule has 0 bridgehead atoms. The number of aromatic nitrogens is 2. The highest BCUT2D eigenvalue weighted by atomic mass is 15.4. The van der Waals surface area contributed by atoms with Gasteiger partial charge in [-0.1, -0.05) is 0 Å². The lowest BCUT2D eigenvalue weighted by Crippen LogP contribution is -2.30. The summed E-state index contributed by atoms with van der Waals surface area (Å²) < 4.78 is 2.19. The number of fused-ring (bicyclic) bond motifs is 1. The van der Waals surface area contributed by atoms with Crippen LogP contribution in [0.15, 0.2) is 0 Å². The molecule has 0 aliphatic carbocycles. The monoisotopic (exact) mass is 221 g/mol. The van der Waals surface area contributed by atoms with Gasteiger partial charge >= 0.3 is 0 Å². The van der Waals surface area contributed by atoms with Crippen molar-refractivity contribution in [1.82, 2.24) is 20.0 Å². The van der Waals surface area contributed by atoms with Crippen molar-refractivity contribution in [3.05, 3.63) is 11.3 Å². The van der Waals surface area contributed by atoms with E-state index in [9.17, 15) is 0 Å². The molecule has 1 aromatic rings. The summed E-state index contributed by atoms with van der Waals surface area (Å²) in [6.45, 7) is 4.12. The van der Waals surface area contributed by atoms with Crippen LogP contribution in [0, 0.1) is 0 Å². The molecule has 88 valence electrons. The molecule has 0 amide bonds. The van der Waals surface area contributed by atoms with Gasteiger partial charge < -0.3 is 11.1 Å². The summed E-state index contributed by atoms with van der Waals surface area (Å²) in [5.74, 6) is 0.734. The Morgan fingerprint density at radius 3 is 2.81 bits per heavy atom. The first-order chi connectivity index (χ1) is 7.75. The number of nitrogen functional groups attached to an aromatic ring is 1. The number of hydrogen-bond donors (Lipinski definition) is 2. The van der Waals surface area contributed by atoms with Crippen molar-refractivity contribution in [2.24, 2.45) is 0 Å². The second-order valence-electron chi connectivity index (χ2n) is 4.91. The standard InChI is InChI=1S/C11H19N5/c1-15-6-9-10(7-15)16(14-11(9)12)8-2-4-13-5-3-8/h8,13H,2-7H2,1H3,(H2,12,14). The van der Waals surface area contributed by atoms with Crippen LogP contribution >= 0.6 is 0 Å². The van der Waals surface area contributed by atoms with Gasteiger partial charge in [-0.3, -0.25) is 9.58 Å². The van der Waals surface area contributed by atoms with Crippen LogP contribution in [0.1, 0.15) is 30.1 Å². The highest BCUT2D eigenvalue weighted by molar-refractivity contribution is 5.44. The van der Waals surface area contributed by atoms with Crippen LogP contribution in [0.2, 0.25) is 0 Å². The fourth-order valence-corrected chi connectivity index (χ4v) is 2.80. The fraction of sp³-hybridized carbons (Fsp3) is 0.727. The van der Waals surface area contributed by atoms with Gasteiger partial charge in [0.05, 0.1) is 11.7 Å². The summed E-state index contributed by atoms with van der Waals surface area (Å²) in [6, 6.07) is 0.541. The fourth-order valence-electron chi connectivity index (χ4n) is 2.80. The minimum absolute atomic E-state index is 0.541. The number of nitrogens with zero attached hydrogens (tertiary/aromatic N) is 3. The van der Waals surface area contributed by atoms with Crippen LogP contribution in [0.3, 0.4) is 0 Å². The third-order valence-corrected chi connectivity index (χ3v) is 3.65. The maximum Gasteiger partial charge on any atom is 0.150 e. The number of anilines is 1. The predicted molar refractivity (Wildman–Crippen MR) is 63.0 cm³/mol. The van der Waals surface area contributed by atoms with E-state index < -0.39 is 0 Å². The minimum Gasteiger partial charge on any atom is -0.382 e. The van der Waals surface area contributed by atoms with E-state index in [1.807, 2.05) is 0 Å². The van der Waals surface area contributed by atoms with E-state index in [2.05, 4.69) is 27.0 Å². The normalized spacial score (nSPS) is 22.6. The lowest BCUT2D eigenvalue weighted by molar-refractivity contribution is 0.308. The highest BCUT2D eigenvalue weighted by Crippen LogP contribution is 2.30. The minimum atomic E-state index is 0.541. The second kappa shape index (κ2) is 3.75. The Hall–Kier alpha value is -1.07. The number of nitrogens with two attached hydrogens (primary N) is 1. The molecule has 5 nitrogen and oxygen atoms in total. The van der Waals surface area contributed by atoms with Gasteiger partial charge in [-0.15, -0.1) is 0 Å². The smallest absolute Gasteiger partial charge is 0.150 e. The van der Waals surface area contributed by atoms with Gasteiger partial charge in [0.25, 0.3) is 0 Å². The summed E-state index contributed by atoms with van der Waals surface area (Å²) in [5.41, 5.74) is 8.58. The van der Waals surface area contributed by atoms with E-state index in [1.54, 1.807) is 0 Å². The number of piperidine rings is 1. The Morgan fingerprint density at radius 2 is 2.06 bits per heavy atom. The number of hydrogen-bond acceptors (Lipinski definition) is 4. The molecule has 1 fully saturated rings. The maximum atomic E-state index is 5.99. The van der Waals surface area contributed by atoms with Gasteiger partial charge in [-0.2, -0.15) is 5.10 Å². The van der Waals surface area contributed by atoms with Gasteiger partial charge in [-0.25, -0.2) is 0 Å². The predicted octanol–water partition coefficient (Wildman–Crippen LogP) is 0.335. The molecule has 3 N–H and O–H groups in total. The van der Waals surface area contributed by atoms with E-state index in [0.717, 1.165) is 44.8 Å². The van der Waals surface area contributed by atoms with Crippen LogP contribution < -0.4 is 11.1 Å². The van der Waals surface area contributed by atoms with Gasteiger partial charge in [0.2, 0.25) is 0 Å². The van der Waals surface area contributed by atoms with E-state index in [1.165, 1.54) is 11.3 Å². The third-order valence-electron chi connectivity index (χ3n) is 3.65. The molecular formula is C11H19N5. The van der Waals surface area contributed by atoms with E-state index in [4.69, 9.17) is 5.73 Å². The van der Waals surface area contributed by atoms with Crippen LogP contribution in [-0.2, 0) is 13.1 Å². The molecule has 0 saturated carbocycles. The summed E-state index contributed by atoms with van der Waals surface area (Å²) in [5, 5.41) is 7.92. The Bertz CT molecular complexity index is 391. The molecule has 5 heteroatoms. The summed E-state index contributed by atoms with van der Waals surface area (Å²) >= 11 is 0. The molecule has 0 unspecified atom stereocenters. The van der Waals surface area contributed by atoms with E-state index in [-0.39, 0.29) is 0 Å². The topological polar surface area (TPSA) is 59.1 Å². The molecule has 0 spiro atoms. The van der Waals surface area contributed by atoms with Crippen molar-refractivity contribution in [2.45, 2.75) is 32.0 Å². The van der Waals surface area contributed by atoms with E-state index >= 15 is 0 Å². The van der Waals surface area contributed by atoms with E-state index in [0.29, 0.717) is 6.04 Å². The average molecular weight is 221 g/mol. The van der Waals surface area contributed by atoms with Gasteiger partial charge in [0.1, 0.15) is 5.82 Å². The Balaban J connectivity index is 1.93. The molecular weight excluding hydrogens is 202 g/mol. The SMILES string of the molecule is CN1Cc2c(N)nn(C3CCNCC3)c2C1. The molecule has 0 atom stereocenters. The zero-order valence-corrected chi connectivity index (χ0v) is 9.74. The Kier molecular flexibility index (Phi) is 2.37. The third kappa shape index (κ3) is 1.51. The first kappa shape index (κ1) is 10.1. The average Bonchev–Trinajstić information content (AvgIpc) is 2.80. The maximum absolute atomic E-state index is 5.99. The van der Waals surface area contributed by atoms with Crippen LogP contribution in [-0.4, -0.2) is 34.8 Å². The lowest BCUT2D eigenvalue weighted by Gasteiger charge is -2.24. The van der Waals surface area contributed by atoms with Crippen molar-refractivity contribution in [3.8, 4) is 0 Å². The Morgan fingerprint density at radius 1 is 1.31 bits per heavy atom. The molecule has 1 saturated heterocycles. The molecule has 0 radical (unpaired) electrons. The first-order valence-corrected chi connectivity index (χ1v) is 6.00. The van der Waals surface area contributed by atoms with Crippen molar-refractivity contribution >= 4 is 5.82 Å². The van der Waals surface area contributed by atoms with Crippen LogP contribution in [0.5, 0.6) is 0 Å². The molecule has 3 rings (SSSR count). The summed E-state index contributed by atoms with van der Waals surface area (Å²) in [7, 11) is 2.13. The Labute approximate surface area is 95.6 Å². The van der Waals surface area contributed by atoms with Crippen LogP contribution in [0.25, 0.3) is 0 Å². The van der Waals surface area contributed by atoms with Crippen molar-refractivity contribution < 1.29 is 0 Å². The first-order valence-electron chi connectivity index (χ1n) is 6.00. The zero-order valence-electron chi connectivity index (χ0n) is 9.74. The summed E-state index contributed by atoms with van der Waals surface area (Å²) in [6.07, 6.45) is 2.33.